The van der Waals surface area contributed by atoms with Crippen LogP contribution in [0.2, 0.25) is 0 Å². The first-order valence-electron chi connectivity index (χ1n) is 7.53. The Morgan fingerprint density at radius 3 is 2.67 bits per heavy atom. The molecule has 3 heterocycles. The fraction of sp³-hybridized carbons (Fsp3) is 0.667. The number of rotatable bonds is 3. The lowest BCUT2D eigenvalue weighted by atomic mass is 10.1. The minimum absolute atomic E-state index is 0.561. The summed E-state index contributed by atoms with van der Waals surface area (Å²) in [5.41, 5.74) is -0.163. The highest BCUT2D eigenvalue weighted by Crippen LogP contribution is 2.31. The molecule has 0 saturated carbocycles. The molecule has 2 saturated heterocycles. The van der Waals surface area contributed by atoms with Crippen LogP contribution in [0.25, 0.3) is 0 Å². The number of hydrogen-bond acceptors (Lipinski definition) is 3. The van der Waals surface area contributed by atoms with Crippen molar-refractivity contribution in [3.8, 4) is 0 Å². The third-order valence-electron chi connectivity index (χ3n) is 4.40. The summed E-state index contributed by atoms with van der Waals surface area (Å²) in [5, 5.41) is 0. The van der Waals surface area contributed by atoms with Gasteiger partial charge in [0.25, 0.3) is 0 Å². The molecule has 1 atom stereocenters. The van der Waals surface area contributed by atoms with Crippen molar-refractivity contribution in [1.82, 2.24) is 9.88 Å². The van der Waals surface area contributed by atoms with Gasteiger partial charge in [-0.05, 0) is 50.4 Å². The molecule has 21 heavy (non-hydrogen) atoms. The van der Waals surface area contributed by atoms with E-state index in [9.17, 15) is 13.2 Å². The molecule has 0 bridgehead atoms. The van der Waals surface area contributed by atoms with Crippen molar-refractivity contribution in [2.24, 2.45) is 5.92 Å². The molecule has 3 nitrogen and oxygen atoms in total. The van der Waals surface area contributed by atoms with Gasteiger partial charge in [-0.3, -0.25) is 4.98 Å². The minimum Gasteiger partial charge on any atom is -0.371 e. The standard InChI is InChI=1S/C15H20F3N3/c16-15(17,18)14-9-13(3-5-19-14)21-8-4-12(11-21)10-20-6-1-2-7-20/h3,5,9,12H,1-2,4,6-8,10-11H2/t12-/m1/s1. The van der Waals surface area contributed by atoms with Gasteiger partial charge in [0, 0.05) is 31.5 Å². The normalized spacial score (nSPS) is 24.0. The Hall–Kier alpha value is -1.30. The van der Waals surface area contributed by atoms with Gasteiger partial charge in [0.1, 0.15) is 5.69 Å². The quantitative estimate of drug-likeness (QED) is 0.855. The largest absolute Gasteiger partial charge is 0.433 e. The smallest absolute Gasteiger partial charge is 0.371 e. The molecule has 0 amide bonds. The lowest BCUT2D eigenvalue weighted by molar-refractivity contribution is -0.141. The molecule has 3 rings (SSSR count). The molecule has 0 unspecified atom stereocenters. The summed E-state index contributed by atoms with van der Waals surface area (Å²) < 4.78 is 38.1. The summed E-state index contributed by atoms with van der Waals surface area (Å²) in [6, 6.07) is 2.84. The van der Waals surface area contributed by atoms with Crippen molar-refractivity contribution < 1.29 is 13.2 Å². The van der Waals surface area contributed by atoms with E-state index in [0.29, 0.717) is 11.6 Å². The molecule has 1 aromatic heterocycles. The van der Waals surface area contributed by atoms with Crippen LogP contribution in [0.5, 0.6) is 0 Å². The summed E-state index contributed by atoms with van der Waals surface area (Å²) >= 11 is 0. The van der Waals surface area contributed by atoms with Gasteiger partial charge in [-0.15, -0.1) is 0 Å². The summed E-state index contributed by atoms with van der Waals surface area (Å²) in [4.78, 5) is 7.95. The molecular formula is C15H20F3N3. The second kappa shape index (κ2) is 5.83. The van der Waals surface area contributed by atoms with Crippen molar-refractivity contribution in [1.29, 1.82) is 0 Å². The zero-order chi connectivity index (χ0) is 14.9. The van der Waals surface area contributed by atoms with E-state index in [1.165, 1.54) is 32.1 Å². The average molecular weight is 299 g/mol. The topological polar surface area (TPSA) is 19.4 Å². The van der Waals surface area contributed by atoms with Crippen LogP contribution < -0.4 is 4.90 Å². The molecule has 0 aliphatic carbocycles. The lowest BCUT2D eigenvalue weighted by Gasteiger charge is -2.22. The van der Waals surface area contributed by atoms with E-state index < -0.39 is 11.9 Å². The van der Waals surface area contributed by atoms with Crippen LogP contribution in [0.1, 0.15) is 25.0 Å². The summed E-state index contributed by atoms with van der Waals surface area (Å²) in [6.45, 7) is 5.10. The number of hydrogen-bond donors (Lipinski definition) is 0. The Morgan fingerprint density at radius 2 is 1.95 bits per heavy atom. The predicted molar refractivity (Wildman–Crippen MR) is 75.2 cm³/mol. The number of alkyl halides is 3. The number of aromatic nitrogens is 1. The zero-order valence-electron chi connectivity index (χ0n) is 11.9. The van der Waals surface area contributed by atoms with Gasteiger partial charge in [0.2, 0.25) is 0 Å². The molecule has 2 fully saturated rings. The first-order valence-corrected chi connectivity index (χ1v) is 7.53. The van der Waals surface area contributed by atoms with Gasteiger partial charge in [-0.1, -0.05) is 0 Å². The maximum absolute atomic E-state index is 12.7. The predicted octanol–water partition coefficient (Wildman–Crippen LogP) is 3.02. The van der Waals surface area contributed by atoms with Crippen LogP contribution in [0.4, 0.5) is 18.9 Å². The molecular weight excluding hydrogens is 279 g/mol. The van der Waals surface area contributed by atoms with E-state index >= 15 is 0 Å². The molecule has 1 aromatic rings. The third kappa shape index (κ3) is 3.48. The van der Waals surface area contributed by atoms with Crippen LogP contribution in [0, 0.1) is 5.92 Å². The maximum atomic E-state index is 12.7. The van der Waals surface area contributed by atoms with Crippen molar-refractivity contribution in [3.63, 3.8) is 0 Å². The Kier molecular flexibility index (Phi) is 4.06. The highest BCUT2D eigenvalue weighted by Gasteiger charge is 2.33. The molecule has 2 aliphatic rings. The minimum atomic E-state index is -4.37. The fourth-order valence-corrected chi connectivity index (χ4v) is 3.32. The molecule has 0 spiro atoms. The van der Waals surface area contributed by atoms with Crippen LogP contribution in [-0.2, 0) is 6.18 Å². The first kappa shape index (κ1) is 14.6. The fourth-order valence-electron chi connectivity index (χ4n) is 3.32. The van der Waals surface area contributed by atoms with Crippen LogP contribution >= 0.6 is 0 Å². The Balaban J connectivity index is 1.63. The van der Waals surface area contributed by atoms with Gasteiger partial charge in [-0.25, -0.2) is 0 Å². The van der Waals surface area contributed by atoms with E-state index in [2.05, 4.69) is 14.8 Å². The highest BCUT2D eigenvalue weighted by molar-refractivity contribution is 5.48. The molecule has 0 N–H and O–H groups in total. The monoisotopic (exact) mass is 299 g/mol. The lowest BCUT2D eigenvalue weighted by Crippen LogP contribution is -2.29. The van der Waals surface area contributed by atoms with Crippen molar-refractivity contribution in [2.45, 2.75) is 25.4 Å². The van der Waals surface area contributed by atoms with Crippen LogP contribution in [0.15, 0.2) is 18.3 Å². The first-order chi connectivity index (χ1) is 10.0. The zero-order valence-corrected chi connectivity index (χ0v) is 11.9. The van der Waals surface area contributed by atoms with Crippen molar-refractivity contribution in [2.75, 3.05) is 37.6 Å². The number of likely N-dealkylation sites (tertiary alicyclic amines) is 1. The second-order valence-corrected chi connectivity index (χ2v) is 6.01. The number of anilines is 1. The van der Waals surface area contributed by atoms with E-state index in [-0.39, 0.29) is 0 Å². The third-order valence-corrected chi connectivity index (χ3v) is 4.40. The van der Waals surface area contributed by atoms with Gasteiger partial charge in [0.05, 0.1) is 0 Å². The van der Waals surface area contributed by atoms with Gasteiger partial charge >= 0.3 is 6.18 Å². The van der Waals surface area contributed by atoms with Gasteiger partial charge < -0.3 is 9.80 Å². The van der Waals surface area contributed by atoms with Crippen molar-refractivity contribution in [3.05, 3.63) is 24.0 Å². The molecule has 2 aliphatic heterocycles. The molecule has 0 radical (unpaired) electrons. The van der Waals surface area contributed by atoms with Gasteiger partial charge in [-0.2, -0.15) is 13.2 Å². The molecule has 116 valence electrons. The number of nitrogens with zero attached hydrogens (tertiary/aromatic N) is 3. The van der Waals surface area contributed by atoms with E-state index in [0.717, 1.165) is 32.1 Å². The molecule has 6 heteroatoms. The Labute approximate surface area is 122 Å². The summed E-state index contributed by atoms with van der Waals surface area (Å²) in [5.74, 6) is 0.561. The highest BCUT2D eigenvalue weighted by atomic mass is 19.4. The Morgan fingerprint density at radius 1 is 1.19 bits per heavy atom. The maximum Gasteiger partial charge on any atom is 0.433 e. The molecule has 0 aromatic carbocycles. The van der Waals surface area contributed by atoms with Crippen LogP contribution in [-0.4, -0.2) is 42.6 Å². The van der Waals surface area contributed by atoms with E-state index in [4.69, 9.17) is 0 Å². The Bertz CT molecular complexity index is 483. The summed E-state index contributed by atoms with van der Waals surface area (Å²) in [7, 11) is 0. The number of halogens is 3. The summed E-state index contributed by atoms with van der Waals surface area (Å²) in [6.07, 6.45) is 0.488. The number of pyridine rings is 1. The van der Waals surface area contributed by atoms with Crippen molar-refractivity contribution >= 4 is 5.69 Å². The second-order valence-electron chi connectivity index (χ2n) is 6.01. The van der Waals surface area contributed by atoms with E-state index in [1.54, 1.807) is 6.07 Å². The SMILES string of the molecule is FC(F)(F)c1cc(N2CC[C@H](CN3CCCC3)C2)ccn1. The van der Waals surface area contributed by atoms with E-state index in [1.807, 2.05) is 0 Å². The average Bonchev–Trinajstić information content (AvgIpc) is 3.10. The van der Waals surface area contributed by atoms with Gasteiger partial charge in [0.15, 0.2) is 0 Å². The van der Waals surface area contributed by atoms with Crippen LogP contribution in [0.3, 0.4) is 0 Å².